The molecule has 0 aromatic heterocycles. The van der Waals surface area contributed by atoms with Crippen molar-refractivity contribution in [2.24, 2.45) is 0 Å². The molecule has 336 valence electrons. The summed E-state index contributed by atoms with van der Waals surface area (Å²) < 4.78 is 134. The fourth-order valence-electron chi connectivity index (χ4n) is 5.28. The van der Waals surface area contributed by atoms with Gasteiger partial charge in [-0.15, -0.1) is 0 Å². The SMILES string of the molecule is O=C([O-])C1=C[C@@H](O)[C@H](O)[C@H](OC2[C@@H](CO)OC(O)[C@H](NS(=O)(=O)[O-])[C@H]2O)O1.O=C([O-])C1=C[C@@H](O)[C@H](O)[C@H](OC2[C@@H](COS(=O)(=O)[O-])OC(O)[C@H](NS(=O)(=O)[O-])[C@H]2O)O1.[Na+].[Na+].[Na+].[Na+].[Na+]. The Hall–Kier alpha value is 2.11. The van der Waals surface area contributed by atoms with Crippen LogP contribution in [0.5, 0.6) is 0 Å². The summed E-state index contributed by atoms with van der Waals surface area (Å²) >= 11 is 0. The molecule has 2 saturated heterocycles. The number of carboxylic acid groups (broad SMARTS) is 2. The van der Waals surface area contributed by atoms with Gasteiger partial charge >= 0.3 is 148 Å². The Bertz CT molecular complexity index is 1870. The second-order valence-corrected chi connectivity index (χ2v) is 15.3. The van der Waals surface area contributed by atoms with Gasteiger partial charge in [-0.3, -0.25) is 4.18 Å². The molecule has 0 aromatic carbocycles. The fraction of sp³-hybridized carbons (Fsp3) is 0.750. The molecular weight excluding hydrogens is 991 g/mol. The van der Waals surface area contributed by atoms with Crippen molar-refractivity contribution >= 4 is 42.9 Å². The summed E-state index contributed by atoms with van der Waals surface area (Å²) in [6.45, 7) is -2.08. The van der Waals surface area contributed by atoms with Crippen LogP contribution in [0, 0.1) is 0 Å². The van der Waals surface area contributed by atoms with E-state index in [0.29, 0.717) is 12.2 Å². The molecule has 2 fully saturated rings. The van der Waals surface area contributed by atoms with Crippen LogP contribution >= 0.6 is 0 Å². The van der Waals surface area contributed by atoms with E-state index < -0.39 is 166 Å². The number of rotatable bonds is 14. The predicted molar refractivity (Wildman–Crippen MR) is 159 cm³/mol. The number of hydrogen-bond acceptors (Lipinski definition) is 29. The Morgan fingerprint density at radius 1 is 0.603 bits per heavy atom. The van der Waals surface area contributed by atoms with Crippen LogP contribution in [0.25, 0.3) is 0 Å². The van der Waals surface area contributed by atoms with Crippen LogP contribution in [0.3, 0.4) is 0 Å². The summed E-state index contributed by atoms with van der Waals surface area (Å²) in [5.74, 6) is -5.67. The molecule has 16 atom stereocenters. The molecule has 0 aliphatic carbocycles. The van der Waals surface area contributed by atoms with Gasteiger partial charge in [0.1, 0.15) is 96.6 Å². The fourth-order valence-corrected chi connectivity index (χ4v) is 6.76. The first-order valence-electron chi connectivity index (χ1n) is 15.5. The van der Waals surface area contributed by atoms with Crippen molar-refractivity contribution in [3.05, 3.63) is 23.7 Å². The number of carbonyl (C=O) groups is 2. The topological polar surface area (TPSA) is 523 Å². The van der Waals surface area contributed by atoms with E-state index in [0.717, 1.165) is 0 Å². The van der Waals surface area contributed by atoms with Gasteiger partial charge in [-0.1, -0.05) is 0 Å². The molecule has 4 unspecified atom stereocenters. The number of carboxylic acids is 2. The van der Waals surface area contributed by atoms with E-state index in [9.17, 15) is 105 Å². The normalized spacial score (nSPS) is 35.4. The molecule has 0 bridgehead atoms. The van der Waals surface area contributed by atoms with Gasteiger partial charge < -0.3 is 108 Å². The van der Waals surface area contributed by atoms with Gasteiger partial charge in [0.25, 0.3) is 0 Å². The van der Waals surface area contributed by atoms with Gasteiger partial charge in [0.2, 0.25) is 23.0 Å². The molecule has 0 aromatic rings. The molecule has 31 nitrogen and oxygen atoms in total. The Balaban J connectivity index is -0.00000107. The van der Waals surface area contributed by atoms with Crippen LogP contribution in [0.2, 0.25) is 0 Å². The van der Waals surface area contributed by atoms with Crippen LogP contribution in [-0.4, -0.2) is 208 Å². The van der Waals surface area contributed by atoms with Crippen LogP contribution in [0.4, 0.5) is 0 Å². The van der Waals surface area contributed by atoms with Crippen LogP contribution in [-0.2, 0) is 73.2 Å². The van der Waals surface area contributed by atoms with Crippen molar-refractivity contribution in [3.8, 4) is 0 Å². The van der Waals surface area contributed by atoms with Crippen molar-refractivity contribution in [3.63, 3.8) is 0 Å². The summed E-state index contributed by atoms with van der Waals surface area (Å²) in [6, 6.07) is -4.02. The van der Waals surface area contributed by atoms with Gasteiger partial charge in [-0.05, 0) is 12.2 Å². The number of aliphatic hydroxyl groups excluding tert-OH is 9. The van der Waals surface area contributed by atoms with Crippen molar-refractivity contribution in [1.29, 1.82) is 0 Å². The number of aliphatic hydroxyl groups is 9. The molecule has 63 heavy (non-hydrogen) atoms. The van der Waals surface area contributed by atoms with Gasteiger partial charge in [-0.25, -0.2) is 34.7 Å². The maximum Gasteiger partial charge on any atom is 1.00 e. The standard InChI is InChI=1S/C12H19NO16S2.C12H19NO13S.5Na/c14-3-1-4(10(17)18)28-12(7(3)15)29-9-5(2-26-31(23,24)25)27-11(19)6(8(9)16)13-30(20,21)22;14-2-5-9(8(17)6(11(20)24-5)13-27(21,22)23)26-12-7(16)3(15)1-4(25-12)10(18)19;;;;;/h1,3,5-9,11-16,19H,2H2,(H,17,18)(H,20,21,22)(H,23,24,25);1,3,5-9,11-17,20H,2H2,(H,18,19)(H,21,22,23);;;;;/q;;5*+1/p-5/t2*3-,5-,6-,7+,8-,9?,11?,12+;;;;;/m11...../s1. The molecular formula is C24H33N2Na5O29S3. The van der Waals surface area contributed by atoms with E-state index in [1.54, 1.807) is 0 Å². The third kappa shape index (κ3) is 21.2. The smallest absolute Gasteiger partial charge is 0.735 e. The molecule has 11 N–H and O–H groups in total. The predicted octanol–water partition coefficient (Wildman–Crippen LogP) is -28.4. The Morgan fingerprint density at radius 3 is 1.24 bits per heavy atom. The van der Waals surface area contributed by atoms with E-state index >= 15 is 0 Å². The van der Waals surface area contributed by atoms with Gasteiger partial charge in [-0.2, -0.15) is 0 Å². The quantitative estimate of drug-likeness (QED) is 0.0437. The summed E-state index contributed by atoms with van der Waals surface area (Å²) in [7, 11) is -15.8. The molecule has 4 aliphatic heterocycles. The first-order chi connectivity index (χ1) is 26.5. The minimum Gasteiger partial charge on any atom is -0.735 e. The van der Waals surface area contributed by atoms with Gasteiger partial charge in [0, 0.05) is 0 Å². The Kier molecular flexibility index (Phi) is 32.4. The number of aliphatic carboxylic acids is 2. The average Bonchev–Trinajstić information content (AvgIpc) is 3.08. The minimum absolute atomic E-state index is 0. The van der Waals surface area contributed by atoms with Gasteiger partial charge in [0.15, 0.2) is 33.2 Å². The number of carbonyl (C=O) groups excluding carboxylic acids is 2. The van der Waals surface area contributed by atoms with Crippen molar-refractivity contribution < 1.29 is 285 Å². The molecule has 4 rings (SSSR count). The summed E-state index contributed by atoms with van der Waals surface area (Å²) in [5, 5.41) is 110. The monoisotopic (exact) mass is 1020 g/mol. The number of hydrogen-bond donors (Lipinski definition) is 11. The zero-order chi connectivity index (χ0) is 44.2. The molecule has 4 heterocycles. The second kappa shape index (κ2) is 29.5. The van der Waals surface area contributed by atoms with E-state index in [2.05, 4.69) is 4.18 Å². The molecule has 0 spiro atoms. The second-order valence-electron chi connectivity index (χ2n) is 12.0. The molecule has 4 aliphatic rings. The summed E-state index contributed by atoms with van der Waals surface area (Å²) in [4.78, 5) is 21.8. The maximum atomic E-state index is 10.9. The van der Waals surface area contributed by atoms with Crippen LogP contribution < -0.4 is 167 Å². The zero-order valence-corrected chi connectivity index (χ0v) is 45.7. The summed E-state index contributed by atoms with van der Waals surface area (Å²) in [6.07, 6.45) is -25.9. The van der Waals surface area contributed by atoms with Crippen molar-refractivity contribution in [2.75, 3.05) is 13.2 Å². The first-order valence-corrected chi connectivity index (χ1v) is 19.6. The van der Waals surface area contributed by atoms with Crippen molar-refractivity contribution in [1.82, 2.24) is 9.44 Å². The van der Waals surface area contributed by atoms with E-state index in [1.807, 2.05) is 0 Å². The summed E-state index contributed by atoms with van der Waals surface area (Å²) in [5.41, 5.74) is 0. The van der Waals surface area contributed by atoms with Crippen LogP contribution in [0.1, 0.15) is 0 Å². The number of nitrogens with one attached hydrogen (secondary N) is 2. The minimum atomic E-state index is -5.32. The first kappa shape index (κ1) is 69.4. The molecule has 0 amide bonds. The van der Waals surface area contributed by atoms with E-state index in [4.69, 9.17) is 28.4 Å². The largest absolute Gasteiger partial charge is 1.00 e. The molecule has 39 heteroatoms. The van der Waals surface area contributed by atoms with Crippen molar-refractivity contribution in [2.45, 2.75) is 98.3 Å². The third-order valence-corrected chi connectivity index (χ3v) is 9.42. The van der Waals surface area contributed by atoms with E-state index in [-0.39, 0.29) is 148 Å². The number of ether oxygens (including phenoxy) is 6. The maximum absolute atomic E-state index is 10.9. The van der Waals surface area contributed by atoms with Gasteiger partial charge in [0.05, 0.1) is 13.2 Å². The Labute approximate surface area is 466 Å². The van der Waals surface area contributed by atoms with E-state index in [1.165, 1.54) is 9.44 Å². The molecule has 0 saturated carbocycles. The molecule has 0 radical (unpaired) electrons. The zero-order valence-electron chi connectivity index (χ0n) is 33.2. The average molecular weight is 1020 g/mol. The Morgan fingerprint density at radius 2 is 0.937 bits per heavy atom. The van der Waals surface area contributed by atoms with Crippen LogP contribution in [0.15, 0.2) is 23.7 Å². The third-order valence-electron chi connectivity index (χ3n) is 7.88.